The first-order valence-corrected chi connectivity index (χ1v) is 4.23. The van der Waals surface area contributed by atoms with E-state index in [0.717, 1.165) is 0 Å². The average Bonchev–Trinajstić information content (AvgIpc) is 1.98. The second-order valence-electron chi connectivity index (χ2n) is 1.11. The molecular weight excluding hydrogens is 107 g/mol. The number of hydrogen-bond donors (Lipinski definition) is 0. The maximum absolute atomic E-state index is 2.25. The van der Waals surface area contributed by atoms with Crippen molar-refractivity contribution in [1.29, 1.82) is 0 Å². The lowest BCUT2D eigenvalue weighted by Gasteiger charge is -1.75. The number of rotatable bonds is 2. The van der Waals surface area contributed by atoms with E-state index in [2.05, 4.69) is 21.1 Å². The molecule has 1 radical (unpaired) electrons. The molecule has 0 aromatic heterocycles. The van der Waals surface area contributed by atoms with Crippen LogP contribution >= 0.6 is 0 Å². The molecule has 0 saturated heterocycles. The first kappa shape index (κ1) is 16.0. The summed E-state index contributed by atoms with van der Waals surface area (Å²) in [5, 5.41) is 0. The zero-order valence-corrected chi connectivity index (χ0v) is 7.99. The van der Waals surface area contributed by atoms with Gasteiger partial charge in [0.25, 0.3) is 0 Å². The van der Waals surface area contributed by atoms with Crippen LogP contribution in [0.3, 0.4) is 0 Å². The van der Waals surface area contributed by atoms with Gasteiger partial charge >= 0.3 is 0 Å². The summed E-state index contributed by atoms with van der Waals surface area (Å²) < 4.78 is 0. The fraction of sp³-hybridized carbons (Fsp3) is 1.00. The Kier molecular flexibility index (Phi) is 76.3. The van der Waals surface area contributed by atoms with Gasteiger partial charge in [0.15, 0.2) is 0 Å². The number of hydrogen-bond acceptors (Lipinski definition) is 0. The van der Waals surface area contributed by atoms with Crippen LogP contribution in [0.1, 0.15) is 41.5 Å². The van der Waals surface area contributed by atoms with Crippen molar-refractivity contribution in [1.82, 2.24) is 0 Å². The highest BCUT2D eigenvalue weighted by Crippen LogP contribution is 1.77. The molecule has 0 aromatic carbocycles. The van der Waals surface area contributed by atoms with E-state index in [-0.39, 0.29) is 0 Å². The molecule has 0 atom stereocenters. The van der Waals surface area contributed by atoms with Crippen LogP contribution in [0.2, 0.25) is 12.6 Å². The normalized spacial score (nSPS) is 5.56. The highest BCUT2D eigenvalue weighted by molar-refractivity contribution is 6.34. The third-order valence-electron chi connectivity index (χ3n) is 0.577. The summed E-state index contributed by atoms with van der Waals surface area (Å²) in [6, 6.07) is 0. The Bertz CT molecular complexity index is 12.0. The minimum Gasteiger partial charge on any atom is -0.0831 e. The third-order valence-corrected chi connectivity index (χ3v) is 0.577. The van der Waals surface area contributed by atoms with E-state index in [0.29, 0.717) is 0 Å². The smallest absolute Gasteiger partial charge is 0.0831 e. The molecule has 0 nitrogen and oxygen atoms in total. The Labute approximate surface area is 62.3 Å². The molecule has 0 rings (SSSR count). The summed E-state index contributed by atoms with van der Waals surface area (Å²) in [5.74, 6) is 0. The summed E-state index contributed by atoms with van der Waals surface area (Å²) in [6.07, 6.45) is 2.44. The maximum atomic E-state index is 2.25. The summed E-state index contributed by atoms with van der Waals surface area (Å²) >= 11 is 0. The lowest BCUT2D eigenvalue weighted by Crippen LogP contribution is -1.76. The van der Waals surface area contributed by atoms with Gasteiger partial charge in [0.1, 0.15) is 7.28 Å². The molecule has 0 unspecified atom stereocenters. The minimum atomic E-state index is 1.22. The topological polar surface area (TPSA) is 0 Å². The average molecular weight is 129 g/mol. The van der Waals surface area contributed by atoms with Gasteiger partial charge in [-0.3, -0.25) is 0 Å². The van der Waals surface area contributed by atoms with Crippen molar-refractivity contribution in [2.45, 2.75) is 54.2 Å². The van der Waals surface area contributed by atoms with Crippen LogP contribution in [-0.4, -0.2) is 7.28 Å². The molecule has 0 amide bonds. The summed E-state index contributed by atoms with van der Waals surface area (Å²) in [7, 11) is 2.25. The van der Waals surface area contributed by atoms with Gasteiger partial charge < -0.3 is 0 Å². The van der Waals surface area contributed by atoms with Crippen molar-refractivity contribution in [2.24, 2.45) is 0 Å². The second kappa shape index (κ2) is 42.9. The van der Waals surface area contributed by atoms with Crippen LogP contribution < -0.4 is 0 Å². The fourth-order valence-corrected chi connectivity index (χ4v) is 0.289. The molecule has 0 saturated carbocycles. The van der Waals surface area contributed by atoms with E-state index >= 15 is 0 Å². The minimum absolute atomic E-state index is 1.22. The fourth-order valence-electron chi connectivity index (χ4n) is 0.289. The van der Waals surface area contributed by atoms with Gasteiger partial charge in [0.05, 0.1) is 0 Å². The van der Waals surface area contributed by atoms with Crippen LogP contribution in [0.15, 0.2) is 0 Å². The van der Waals surface area contributed by atoms with Crippen molar-refractivity contribution < 1.29 is 0 Å². The third kappa shape index (κ3) is 69.6. The molecule has 0 spiro atoms. The van der Waals surface area contributed by atoms with E-state index in [1.54, 1.807) is 0 Å². The molecule has 0 fully saturated rings. The Morgan fingerprint density at radius 2 is 1.00 bits per heavy atom. The van der Waals surface area contributed by atoms with Crippen LogP contribution in [0, 0.1) is 0 Å². The van der Waals surface area contributed by atoms with Gasteiger partial charge in [-0.25, -0.2) is 0 Å². The Hall–Kier alpha value is 0.0649. The second-order valence-corrected chi connectivity index (χ2v) is 1.11. The largest absolute Gasteiger partial charge is 0.108 e. The summed E-state index contributed by atoms with van der Waals surface area (Å²) in [4.78, 5) is 0. The van der Waals surface area contributed by atoms with E-state index < -0.39 is 0 Å². The van der Waals surface area contributed by atoms with E-state index in [4.69, 9.17) is 0 Å². The standard InChI is InChI=1S/C4H10B.2C2H6/c1-3-5-4-2;2*1-2/h3-4H2,1-2H3;2*1-2H3. The predicted octanol–water partition coefficient (Wildman–Crippen LogP) is 3.62. The first-order valence-electron chi connectivity index (χ1n) is 4.23. The van der Waals surface area contributed by atoms with Crippen LogP contribution in [0.25, 0.3) is 0 Å². The Balaban J connectivity index is -0.0000000771. The van der Waals surface area contributed by atoms with Gasteiger partial charge in [-0.15, -0.1) is 0 Å². The Morgan fingerprint density at radius 1 is 0.778 bits per heavy atom. The van der Waals surface area contributed by atoms with Crippen molar-refractivity contribution >= 4 is 7.28 Å². The Morgan fingerprint density at radius 3 is 1.00 bits per heavy atom. The van der Waals surface area contributed by atoms with Gasteiger partial charge in [0.2, 0.25) is 0 Å². The van der Waals surface area contributed by atoms with Crippen molar-refractivity contribution in [3.05, 3.63) is 0 Å². The quantitative estimate of drug-likeness (QED) is 0.499. The van der Waals surface area contributed by atoms with Gasteiger partial charge in [-0.05, 0) is 0 Å². The van der Waals surface area contributed by atoms with Crippen LogP contribution in [-0.2, 0) is 0 Å². The molecule has 9 heavy (non-hydrogen) atoms. The zero-order chi connectivity index (χ0) is 8.12. The van der Waals surface area contributed by atoms with E-state index in [1.165, 1.54) is 12.6 Å². The molecule has 1 heteroatoms. The zero-order valence-electron chi connectivity index (χ0n) is 7.99. The lowest BCUT2D eigenvalue weighted by molar-refractivity contribution is 1.36. The van der Waals surface area contributed by atoms with E-state index in [9.17, 15) is 0 Å². The van der Waals surface area contributed by atoms with Crippen LogP contribution in [0.4, 0.5) is 0 Å². The predicted molar refractivity (Wildman–Crippen MR) is 49.4 cm³/mol. The molecule has 57 valence electrons. The maximum Gasteiger partial charge on any atom is 0.108 e. The molecule has 0 aliphatic rings. The van der Waals surface area contributed by atoms with E-state index in [1.807, 2.05) is 27.7 Å². The van der Waals surface area contributed by atoms with Gasteiger partial charge in [0, 0.05) is 0 Å². The van der Waals surface area contributed by atoms with Crippen molar-refractivity contribution in [3.63, 3.8) is 0 Å². The molecule has 0 heterocycles. The van der Waals surface area contributed by atoms with Crippen molar-refractivity contribution in [2.75, 3.05) is 0 Å². The van der Waals surface area contributed by atoms with Crippen molar-refractivity contribution in [3.8, 4) is 0 Å². The highest BCUT2D eigenvalue weighted by Gasteiger charge is 1.72. The molecule has 0 aliphatic carbocycles. The summed E-state index contributed by atoms with van der Waals surface area (Å²) in [5.41, 5.74) is 0. The molecular formula is C8H22B. The van der Waals surface area contributed by atoms with Crippen LogP contribution in [0.5, 0.6) is 0 Å². The van der Waals surface area contributed by atoms with Gasteiger partial charge in [-0.2, -0.15) is 0 Å². The summed E-state index contributed by atoms with van der Waals surface area (Å²) in [6.45, 7) is 12.3. The molecule has 0 aromatic rings. The molecule has 0 N–H and O–H groups in total. The molecule has 0 bridgehead atoms. The molecule has 0 aliphatic heterocycles. The SMILES string of the molecule is CC.CC.CC[B]CC. The lowest BCUT2D eigenvalue weighted by atomic mass is 9.73. The monoisotopic (exact) mass is 129 g/mol. The first-order chi connectivity index (χ1) is 4.41. The highest BCUT2D eigenvalue weighted by atomic mass is 13.5. The van der Waals surface area contributed by atoms with Gasteiger partial charge in [-0.1, -0.05) is 54.2 Å².